The minimum absolute atomic E-state index is 0.0197. The fraction of sp³-hybridized carbons (Fsp3) is 0.562. The van der Waals surface area contributed by atoms with Gasteiger partial charge in [0.25, 0.3) is 0 Å². The van der Waals surface area contributed by atoms with Gasteiger partial charge in [0.05, 0.1) is 0 Å². The van der Waals surface area contributed by atoms with E-state index in [1.807, 2.05) is 6.92 Å². The highest BCUT2D eigenvalue weighted by Crippen LogP contribution is 2.23. The van der Waals surface area contributed by atoms with Crippen LogP contribution in [0.3, 0.4) is 0 Å². The third-order valence-electron chi connectivity index (χ3n) is 3.80. The molecule has 1 aliphatic rings. The van der Waals surface area contributed by atoms with Crippen LogP contribution in [0.25, 0.3) is 0 Å². The molecule has 0 spiro atoms. The molecule has 1 amide bonds. The van der Waals surface area contributed by atoms with Crippen molar-refractivity contribution in [3.63, 3.8) is 0 Å². The number of nitrogens with two attached hydrogens (primary N) is 1. The molecule has 1 atom stereocenters. The van der Waals surface area contributed by atoms with E-state index in [2.05, 4.69) is 0 Å². The highest BCUT2D eigenvalue weighted by atomic mass is 19.1. The van der Waals surface area contributed by atoms with E-state index in [0.717, 1.165) is 6.07 Å². The zero-order chi connectivity index (χ0) is 16.1. The van der Waals surface area contributed by atoms with Crippen molar-refractivity contribution >= 4 is 5.91 Å². The molecular formula is C16H22F2N2O2. The summed E-state index contributed by atoms with van der Waals surface area (Å²) in [5.74, 6) is -1.17. The predicted molar refractivity (Wildman–Crippen MR) is 79.5 cm³/mol. The van der Waals surface area contributed by atoms with Crippen LogP contribution in [0, 0.1) is 11.6 Å². The molecule has 0 radical (unpaired) electrons. The summed E-state index contributed by atoms with van der Waals surface area (Å²) >= 11 is 0. The van der Waals surface area contributed by atoms with Gasteiger partial charge in [-0.3, -0.25) is 4.79 Å². The summed E-state index contributed by atoms with van der Waals surface area (Å²) in [4.78, 5) is 13.8. The molecule has 0 aliphatic carbocycles. The maximum absolute atomic E-state index is 13.5. The first-order chi connectivity index (χ1) is 10.5. The number of nitrogens with zero attached hydrogens (tertiary/aromatic N) is 1. The number of piperidine rings is 1. The Labute approximate surface area is 129 Å². The monoisotopic (exact) mass is 312 g/mol. The molecular weight excluding hydrogens is 290 g/mol. The zero-order valence-electron chi connectivity index (χ0n) is 12.7. The summed E-state index contributed by atoms with van der Waals surface area (Å²) in [5.41, 5.74) is 5.65. The summed E-state index contributed by atoms with van der Waals surface area (Å²) in [6.07, 6.45) is 2.25. The van der Waals surface area contributed by atoms with Gasteiger partial charge >= 0.3 is 0 Å². The van der Waals surface area contributed by atoms with E-state index >= 15 is 0 Å². The van der Waals surface area contributed by atoms with Crippen molar-refractivity contribution in [2.45, 2.75) is 44.8 Å². The maximum atomic E-state index is 13.5. The Hall–Kier alpha value is -1.69. The molecule has 1 heterocycles. The lowest BCUT2D eigenvalue weighted by molar-refractivity contribution is -0.133. The second-order valence-electron chi connectivity index (χ2n) is 5.79. The number of ether oxygens (including phenoxy) is 1. The molecule has 2 rings (SSSR count). The van der Waals surface area contributed by atoms with Crippen LogP contribution in [0.5, 0.6) is 5.75 Å². The molecule has 22 heavy (non-hydrogen) atoms. The normalized spacial score (nSPS) is 17.4. The number of benzene rings is 1. The van der Waals surface area contributed by atoms with Gasteiger partial charge in [0.2, 0.25) is 5.91 Å². The van der Waals surface area contributed by atoms with Gasteiger partial charge in [0.1, 0.15) is 11.9 Å². The van der Waals surface area contributed by atoms with Crippen molar-refractivity contribution in [3.05, 3.63) is 29.8 Å². The zero-order valence-corrected chi connectivity index (χ0v) is 12.7. The van der Waals surface area contributed by atoms with E-state index in [1.54, 1.807) is 4.90 Å². The number of rotatable bonds is 5. The van der Waals surface area contributed by atoms with Crippen molar-refractivity contribution in [2.75, 3.05) is 13.1 Å². The van der Waals surface area contributed by atoms with Gasteiger partial charge in [-0.1, -0.05) is 0 Å². The fourth-order valence-corrected chi connectivity index (χ4v) is 2.48. The quantitative estimate of drug-likeness (QED) is 0.908. The summed E-state index contributed by atoms with van der Waals surface area (Å²) in [6.45, 7) is 3.06. The SMILES string of the molecule is CC(N)CCC(=O)N1CCC(Oc2ccc(F)cc2F)CC1. The first kappa shape index (κ1) is 16.7. The van der Waals surface area contributed by atoms with Gasteiger partial charge in [-0.05, 0) is 25.5 Å². The summed E-state index contributed by atoms with van der Waals surface area (Å²) in [5, 5.41) is 0. The van der Waals surface area contributed by atoms with E-state index in [0.29, 0.717) is 38.8 Å². The van der Waals surface area contributed by atoms with Crippen LogP contribution >= 0.6 is 0 Å². The highest BCUT2D eigenvalue weighted by molar-refractivity contribution is 5.76. The van der Waals surface area contributed by atoms with Crippen LogP contribution < -0.4 is 10.5 Å². The summed E-state index contributed by atoms with van der Waals surface area (Å²) in [7, 11) is 0. The predicted octanol–water partition coefficient (Wildman–Crippen LogP) is 2.46. The van der Waals surface area contributed by atoms with Gasteiger partial charge in [-0.15, -0.1) is 0 Å². The third kappa shape index (κ3) is 4.66. The Bertz CT molecular complexity index is 515. The molecule has 122 valence electrons. The summed E-state index contributed by atoms with van der Waals surface area (Å²) < 4.78 is 32.0. The first-order valence-corrected chi connectivity index (χ1v) is 7.60. The number of carbonyl (C=O) groups excluding carboxylic acids is 1. The van der Waals surface area contributed by atoms with Crippen LogP contribution in [0.15, 0.2) is 18.2 Å². The molecule has 2 N–H and O–H groups in total. The number of carbonyl (C=O) groups is 1. The van der Waals surface area contributed by atoms with Gasteiger partial charge in [0, 0.05) is 44.5 Å². The molecule has 1 aromatic carbocycles. The smallest absolute Gasteiger partial charge is 0.222 e. The summed E-state index contributed by atoms with van der Waals surface area (Å²) in [6, 6.07) is 3.30. The van der Waals surface area contributed by atoms with Gasteiger partial charge in [-0.25, -0.2) is 8.78 Å². The van der Waals surface area contributed by atoms with Crippen molar-refractivity contribution in [1.29, 1.82) is 0 Å². The molecule has 1 aliphatic heterocycles. The minimum atomic E-state index is -0.699. The number of hydrogen-bond acceptors (Lipinski definition) is 3. The Balaban J connectivity index is 1.80. The van der Waals surface area contributed by atoms with Crippen molar-refractivity contribution in [2.24, 2.45) is 5.73 Å². The average molecular weight is 312 g/mol. The fourth-order valence-electron chi connectivity index (χ4n) is 2.48. The lowest BCUT2D eigenvalue weighted by atomic mass is 10.1. The Kier molecular flexibility index (Phi) is 5.71. The minimum Gasteiger partial charge on any atom is -0.487 e. The van der Waals surface area contributed by atoms with Crippen molar-refractivity contribution < 1.29 is 18.3 Å². The first-order valence-electron chi connectivity index (χ1n) is 7.60. The van der Waals surface area contributed by atoms with Gasteiger partial charge in [0.15, 0.2) is 11.6 Å². The molecule has 0 aromatic heterocycles. The van der Waals surface area contributed by atoms with Crippen molar-refractivity contribution in [1.82, 2.24) is 4.90 Å². The highest BCUT2D eigenvalue weighted by Gasteiger charge is 2.24. The molecule has 1 unspecified atom stereocenters. The van der Waals surface area contributed by atoms with E-state index < -0.39 is 11.6 Å². The van der Waals surface area contributed by atoms with Crippen LogP contribution in [0.2, 0.25) is 0 Å². The Morgan fingerprint density at radius 3 is 2.68 bits per heavy atom. The van der Waals surface area contributed by atoms with E-state index in [9.17, 15) is 13.6 Å². The van der Waals surface area contributed by atoms with Crippen molar-refractivity contribution in [3.8, 4) is 5.75 Å². The molecule has 0 saturated carbocycles. The number of amides is 1. The van der Waals surface area contributed by atoms with E-state index in [4.69, 9.17) is 10.5 Å². The van der Waals surface area contributed by atoms with Gasteiger partial charge < -0.3 is 15.4 Å². The van der Waals surface area contributed by atoms with Crippen LogP contribution in [0.4, 0.5) is 8.78 Å². The lowest BCUT2D eigenvalue weighted by Crippen LogP contribution is -2.42. The average Bonchev–Trinajstić information content (AvgIpc) is 2.48. The molecule has 1 aromatic rings. The second kappa shape index (κ2) is 7.54. The van der Waals surface area contributed by atoms with Crippen LogP contribution in [0.1, 0.15) is 32.6 Å². The lowest BCUT2D eigenvalue weighted by Gasteiger charge is -2.32. The van der Waals surface area contributed by atoms with E-state index in [-0.39, 0.29) is 23.8 Å². The number of likely N-dealkylation sites (tertiary alicyclic amines) is 1. The molecule has 1 saturated heterocycles. The molecule has 4 nitrogen and oxygen atoms in total. The number of halogens is 2. The largest absolute Gasteiger partial charge is 0.487 e. The van der Waals surface area contributed by atoms with Gasteiger partial charge in [-0.2, -0.15) is 0 Å². The second-order valence-corrected chi connectivity index (χ2v) is 5.79. The standard InChI is InChI=1S/C16H22F2N2O2/c1-11(19)2-5-16(21)20-8-6-13(7-9-20)22-15-4-3-12(17)10-14(15)18/h3-4,10-11,13H,2,5-9,19H2,1H3. The topological polar surface area (TPSA) is 55.6 Å². The number of hydrogen-bond donors (Lipinski definition) is 1. The molecule has 1 fully saturated rings. The van der Waals surface area contributed by atoms with Crippen LogP contribution in [-0.4, -0.2) is 36.0 Å². The third-order valence-corrected chi connectivity index (χ3v) is 3.80. The maximum Gasteiger partial charge on any atom is 0.222 e. The molecule has 6 heteroatoms. The van der Waals surface area contributed by atoms with Crippen LogP contribution in [-0.2, 0) is 4.79 Å². The Morgan fingerprint density at radius 2 is 2.09 bits per heavy atom. The molecule has 0 bridgehead atoms. The Morgan fingerprint density at radius 1 is 1.41 bits per heavy atom. The van der Waals surface area contributed by atoms with E-state index in [1.165, 1.54) is 12.1 Å².